The molecule has 1 aromatic rings. The second-order valence-electron chi connectivity index (χ2n) is 6.38. The lowest BCUT2D eigenvalue weighted by molar-refractivity contribution is 0.268. The largest absolute Gasteiger partial charge is 0.324 e. The molecule has 1 aliphatic rings. The summed E-state index contributed by atoms with van der Waals surface area (Å²) < 4.78 is 1.12. The van der Waals surface area contributed by atoms with Crippen LogP contribution in [-0.2, 0) is 0 Å². The molecule has 2 unspecified atom stereocenters. The number of halogens is 1. The SMILES string of the molecule is CCCC1CCCN(CCC(N)c2cccc(Br)c2)CC1. The van der Waals surface area contributed by atoms with Gasteiger partial charge in [0.2, 0.25) is 0 Å². The molecule has 0 radical (unpaired) electrons. The van der Waals surface area contributed by atoms with Gasteiger partial charge in [0.1, 0.15) is 0 Å². The topological polar surface area (TPSA) is 29.3 Å². The predicted octanol–water partition coefficient (Wildman–Crippen LogP) is 4.74. The first kappa shape index (κ1) is 17.0. The van der Waals surface area contributed by atoms with Crippen LogP contribution in [-0.4, -0.2) is 24.5 Å². The van der Waals surface area contributed by atoms with Crippen LogP contribution in [0.4, 0.5) is 0 Å². The van der Waals surface area contributed by atoms with Gasteiger partial charge >= 0.3 is 0 Å². The highest BCUT2D eigenvalue weighted by Gasteiger charge is 2.17. The van der Waals surface area contributed by atoms with Crippen LogP contribution in [0.15, 0.2) is 28.7 Å². The van der Waals surface area contributed by atoms with E-state index in [2.05, 4.69) is 52.0 Å². The first-order chi connectivity index (χ1) is 10.2. The molecule has 1 saturated heterocycles. The third-order valence-electron chi connectivity index (χ3n) is 4.67. The van der Waals surface area contributed by atoms with Gasteiger partial charge < -0.3 is 10.6 Å². The molecule has 3 heteroatoms. The maximum atomic E-state index is 6.35. The summed E-state index contributed by atoms with van der Waals surface area (Å²) in [6.07, 6.45) is 7.94. The Balaban J connectivity index is 1.77. The van der Waals surface area contributed by atoms with Crippen LogP contribution in [0.2, 0.25) is 0 Å². The van der Waals surface area contributed by atoms with Gasteiger partial charge in [0.15, 0.2) is 0 Å². The highest BCUT2D eigenvalue weighted by molar-refractivity contribution is 9.10. The Morgan fingerprint density at radius 1 is 1.33 bits per heavy atom. The Labute approximate surface area is 138 Å². The number of hydrogen-bond acceptors (Lipinski definition) is 2. The van der Waals surface area contributed by atoms with Crippen molar-refractivity contribution < 1.29 is 0 Å². The minimum atomic E-state index is 0.150. The monoisotopic (exact) mass is 352 g/mol. The van der Waals surface area contributed by atoms with E-state index in [1.165, 1.54) is 50.8 Å². The van der Waals surface area contributed by atoms with Crippen molar-refractivity contribution >= 4 is 15.9 Å². The van der Waals surface area contributed by atoms with Crippen molar-refractivity contribution in [2.75, 3.05) is 19.6 Å². The summed E-state index contributed by atoms with van der Waals surface area (Å²) >= 11 is 3.52. The van der Waals surface area contributed by atoms with Crippen molar-refractivity contribution in [2.24, 2.45) is 11.7 Å². The molecule has 1 fully saturated rings. The smallest absolute Gasteiger partial charge is 0.0307 e. The lowest BCUT2D eigenvalue weighted by Crippen LogP contribution is -2.28. The van der Waals surface area contributed by atoms with Crippen LogP contribution in [0.3, 0.4) is 0 Å². The van der Waals surface area contributed by atoms with Gasteiger partial charge in [0.05, 0.1) is 0 Å². The number of benzene rings is 1. The zero-order chi connectivity index (χ0) is 15.1. The molecule has 1 aromatic carbocycles. The lowest BCUT2D eigenvalue weighted by Gasteiger charge is -2.22. The molecule has 0 aromatic heterocycles. The predicted molar refractivity (Wildman–Crippen MR) is 94.4 cm³/mol. The van der Waals surface area contributed by atoms with E-state index in [1.807, 2.05) is 0 Å². The van der Waals surface area contributed by atoms with E-state index in [0.717, 1.165) is 23.4 Å². The van der Waals surface area contributed by atoms with E-state index in [1.54, 1.807) is 0 Å². The van der Waals surface area contributed by atoms with E-state index in [0.29, 0.717) is 0 Å². The van der Waals surface area contributed by atoms with Gasteiger partial charge in [-0.1, -0.05) is 47.8 Å². The second-order valence-corrected chi connectivity index (χ2v) is 7.29. The van der Waals surface area contributed by atoms with Crippen LogP contribution in [0.5, 0.6) is 0 Å². The third-order valence-corrected chi connectivity index (χ3v) is 5.16. The molecule has 0 saturated carbocycles. The molecule has 21 heavy (non-hydrogen) atoms. The van der Waals surface area contributed by atoms with Gasteiger partial charge in [-0.2, -0.15) is 0 Å². The van der Waals surface area contributed by atoms with Crippen molar-refractivity contribution in [1.29, 1.82) is 0 Å². The Hall–Kier alpha value is -0.380. The summed E-state index contributed by atoms with van der Waals surface area (Å²) in [5.41, 5.74) is 7.59. The van der Waals surface area contributed by atoms with Crippen LogP contribution in [0.25, 0.3) is 0 Å². The average molecular weight is 353 g/mol. The quantitative estimate of drug-likeness (QED) is 0.800. The third kappa shape index (κ3) is 5.72. The van der Waals surface area contributed by atoms with Crippen molar-refractivity contribution in [1.82, 2.24) is 4.90 Å². The summed E-state index contributed by atoms with van der Waals surface area (Å²) in [7, 11) is 0. The van der Waals surface area contributed by atoms with Gasteiger partial charge in [0.25, 0.3) is 0 Å². The summed E-state index contributed by atoms with van der Waals surface area (Å²) in [6, 6.07) is 8.55. The van der Waals surface area contributed by atoms with Gasteiger partial charge in [-0.25, -0.2) is 0 Å². The Morgan fingerprint density at radius 3 is 2.95 bits per heavy atom. The normalized spacial score (nSPS) is 22.0. The molecule has 2 rings (SSSR count). The fourth-order valence-electron chi connectivity index (χ4n) is 3.37. The van der Waals surface area contributed by atoms with Crippen molar-refractivity contribution in [3.05, 3.63) is 34.3 Å². The molecular formula is C18H29BrN2. The summed E-state index contributed by atoms with van der Waals surface area (Å²) in [5.74, 6) is 0.957. The van der Waals surface area contributed by atoms with Crippen LogP contribution >= 0.6 is 15.9 Å². The molecular weight excluding hydrogens is 324 g/mol. The standard InChI is InChI=1S/C18H29BrN2/c1-2-5-15-6-4-11-21(12-9-15)13-10-18(20)16-7-3-8-17(19)14-16/h3,7-8,14-15,18H,2,4-6,9-13,20H2,1H3. The van der Waals surface area contributed by atoms with Crippen molar-refractivity contribution in [3.8, 4) is 0 Å². The lowest BCUT2D eigenvalue weighted by atomic mass is 9.96. The number of rotatable bonds is 6. The maximum absolute atomic E-state index is 6.35. The van der Waals surface area contributed by atoms with Gasteiger partial charge in [0, 0.05) is 10.5 Å². The molecule has 0 spiro atoms. The van der Waals surface area contributed by atoms with E-state index in [4.69, 9.17) is 5.73 Å². The Kier molecular flexibility index (Phi) is 7.21. The highest BCUT2D eigenvalue weighted by Crippen LogP contribution is 2.23. The minimum absolute atomic E-state index is 0.150. The molecule has 1 aliphatic heterocycles. The Bertz CT molecular complexity index is 421. The molecule has 2 N–H and O–H groups in total. The average Bonchev–Trinajstić information content (AvgIpc) is 2.71. The molecule has 1 heterocycles. The van der Waals surface area contributed by atoms with E-state index in [9.17, 15) is 0 Å². The fraction of sp³-hybridized carbons (Fsp3) is 0.667. The number of nitrogens with zero attached hydrogens (tertiary/aromatic N) is 1. The zero-order valence-corrected chi connectivity index (χ0v) is 14.8. The van der Waals surface area contributed by atoms with Gasteiger partial charge in [-0.05, 0) is 68.9 Å². The summed E-state index contributed by atoms with van der Waals surface area (Å²) in [5, 5.41) is 0. The molecule has 2 nitrogen and oxygen atoms in total. The minimum Gasteiger partial charge on any atom is -0.324 e. The molecule has 2 atom stereocenters. The second kappa shape index (κ2) is 8.92. The van der Waals surface area contributed by atoms with Crippen LogP contribution < -0.4 is 5.73 Å². The first-order valence-electron chi connectivity index (χ1n) is 8.42. The number of likely N-dealkylation sites (tertiary alicyclic amines) is 1. The van der Waals surface area contributed by atoms with E-state index < -0.39 is 0 Å². The van der Waals surface area contributed by atoms with Gasteiger partial charge in [-0.15, -0.1) is 0 Å². The van der Waals surface area contributed by atoms with Crippen LogP contribution in [0.1, 0.15) is 57.1 Å². The highest BCUT2D eigenvalue weighted by atomic mass is 79.9. The van der Waals surface area contributed by atoms with Crippen LogP contribution in [0, 0.1) is 5.92 Å². The zero-order valence-electron chi connectivity index (χ0n) is 13.2. The van der Waals surface area contributed by atoms with Gasteiger partial charge in [-0.3, -0.25) is 0 Å². The summed E-state index contributed by atoms with van der Waals surface area (Å²) in [6.45, 7) is 5.95. The van der Waals surface area contributed by atoms with E-state index >= 15 is 0 Å². The first-order valence-corrected chi connectivity index (χ1v) is 9.21. The maximum Gasteiger partial charge on any atom is 0.0307 e. The van der Waals surface area contributed by atoms with Crippen molar-refractivity contribution in [3.63, 3.8) is 0 Å². The molecule has 0 aliphatic carbocycles. The number of nitrogens with two attached hydrogens (primary N) is 1. The van der Waals surface area contributed by atoms with Crippen molar-refractivity contribution in [2.45, 2.75) is 51.5 Å². The fourth-order valence-corrected chi connectivity index (χ4v) is 3.79. The molecule has 118 valence electrons. The Morgan fingerprint density at radius 2 is 2.19 bits per heavy atom. The number of hydrogen-bond donors (Lipinski definition) is 1. The summed E-state index contributed by atoms with van der Waals surface area (Å²) in [4.78, 5) is 2.62. The van der Waals surface area contributed by atoms with E-state index in [-0.39, 0.29) is 6.04 Å². The molecule has 0 amide bonds. The molecule has 0 bridgehead atoms.